The molecule has 0 aromatic heterocycles. The van der Waals surface area contributed by atoms with Crippen LogP contribution in [0.15, 0.2) is 30.3 Å². The van der Waals surface area contributed by atoms with Gasteiger partial charge >= 0.3 is 5.97 Å². The van der Waals surface area contributed by atoms with Crippen LogP contribution in [0.4, 0.5) is 0 Å². The molecule has 74 valence electrons. The first-order valence-electron chi connectivity index (χ1n) is 4.99. The third kappa shape index (κ3) is 1.22. The van der Waals surface area contributed by atoms with Gasteiger partial charge in [0.2, 0.25) is 0 Å². The zero-order valence-electron chi connectivity index (χ0n) is 8.23. The zero-order valence-corrected chi connectivity index (χ0v) is 8.23. The fraction of sp³-hybridized carbons (Fsp3) is 0.417. The zero-order chi connectivity index (χ0) is 10.2. The maximum absolute atomic E-state index is 10.9. The molecule has 0 aliphatic heterocycles. The van der Waals surface area contributed by atoms with Crippen LogP contribution in [0.5, 0.6) is 0 Å². The minimum atomic E-state index is -0.657. The number of aliphatic carboxylic acids is 1. The topological polar surface area (TPSA) is 37.3 Å². The normalized spacial score (nSPS) is 29.9. The van der Waals surface area contributed by atoms with E-state index in [1.165, 1.54) is 5.56 Å². The molecule has 2 nitrogen and oxygen atoms in total. The van der Waals surface area contributed by atoms with Gasteiger partial charge in [0.15, 0.2) is 0 Å². The van der Waals surface area contributed by atoms with Crippen molar-refractivity contribution in [2.75, 3.05) is 0 Å². The van der Waals surface area contributed by atoms with Crippen molar-refractivity contribution in [3.05, 3.63) is 35.9 Å². The van der Waals surface area contributed by atoms with Crippen molar-refractivity contribution >= 4 is 5.97 Å². The molecule has 2 heteroatoms. The van der Waals surface area contributed by atoms with Gasteiger partial charge in [0.1, 0.15) is 0 Å². The summed E-state index contributed by atoms with van der Waals surface area (Å²) in [5, 5.41) is 8.98. The maximum Gasteiger partial charge on any atom is 0.307 e. The predicted molar refractivity (Wildman–Crippen MR) is 54.2 cm³/mol. The quantitative estimate of drug-likeness (QED) is 0.794. The molecule has 1 saturated carbocycles. The van der Waals surface area contributed by atoms with Crippen molar-refractivity contribution < 1.29 is 9.90 Å². The first-order chi connectivity index (χ1) is 6.70. The summed E-state index contributed by atoms with van der Waals surface area (Å²) >= 11 is 0. The highest BCUT2D eigenvalue weighted by Crippen LogP contribution is 2.56. The number of rotatable bonds is 3. The summed E-state index contributed by atoms with van der Waals surface area (Å²) in [6.07, 6.45) is 1.71. The highest BCUT2D eigenvalue weighted by Gasteiger charge is 2.57. The fourth-order valence-corrected chi connectivity index (χ4v) is 2.31. The molecule has 2 atom stereocenters. The number of carboxylic acids is 1. The minimum Gasteiger partial charge on any atom is -0.481 e. The van der Waals surface area contributed by atoms with Crippen LogP contribution in [0.25, 0.3) is 0 Å². The molecule has 1 aromatic rings. The van der Waals surface area contributed by atoms with E-state index in [9.17, 15) is 4.79 Å². The summed E-state index contributed by atoms with van der Waals surface area (Å²) < 4.78 is 0. The second-order valence-corrected chi connectivity index (χ2v) is 3.97. The molecule has 0 saturated heterocycles. The van der Waals surface area contributed by atoms with E-state index in [1.807, 2.05) is 30.3 Å². The number of hydrogen-bond donors (Lipinski definition) is 1. The summed E-state index contributed by atoms with van der Waals surface area (Å²) in [5.41, 5.74) is 1.10. The summed E-state index contributed by atoms with van der Waals surface area (Å²) in [6.45, 7) is 2.07. The number of benzene rings is 1. The van der Waals surface area contributed by atoms with E-state index in [4.69, 9.17) is 5.11 Å². The minimum absolute atomic E-state index is 0.0763. The van der Waals surface area contributed by atoms with Gasteiger partial charge in [0, 0.05) is 5.41 Å². The van der Waals surface area contributed by atoms with Gasteiger partial charge < -0.3 is 5.11 Å². The molecule has 1 fully saturated rings. The number of carboxylic acid groups (broad SMARTS) is 1. The van der Waals surface area contributed by atoms with Crippen LogP contribution < -0.4 is 0 Å². The lowest BCUT2D eigenvalue weighted by Gasteiger charge is -2.13. The number of carbonyl (C=O) groups is 1. The van der Waals surface area contributed by atoms with Crippen molar-refractivity contribution in [2.24, 2.45) is 5.92 Å². The second kappa shape index (κ2) is 3.12. The van der Waals surface area contributed by atoms with E-state index in [-0.39, 0.29) is 11.3 Å². The standard InChI is InChI=1S/C12H14O2/c1-2-12(8-10(12)11(13)14)9-6-4-3-5-7-9/h3-7,10H,2,8H2,1H3,(H,13,14)/t10-,12-/m0/s1. The molecule has 1 aliphatic rings. The Kier molecular flexibility index (Phi) is 2.06. The van der Waals surface area contributed by atoms with E-state index < -0.39 is 5.97 Å². The molecule has 0 heterocycles. The fourth-order valence-electron chi connectivity index (χ4n) is 2.31. The van der Waals surface area contributed by atoms with Gasteiger partial charge in [-0.2, -0.15) is 0 Å². The van der Waals surface area contributed by atoms with Crippen LogP contribution in [0, 0.1) is 5.92 Å². The maximum atomic E-state index is 10.9. The molecular weight excluding hydrogens is 176 g/mol. The van der Waals surface area contributed by atoms with Crippen molar-refractivity contribution in [1.29, 1.82) is 0 Å². The van der Waals surface area contributed by atoms with Gasteiger partial charge in [-0.15, -0.1) is 0 Å². The van der Waals surface area contributed by atoms with Gasteiger partial charge in [0.25, 0.3) is 0 Å². The summed E-state index contributed by atoms with van der Waals surface area (Å²) in [7, 11) is 0. The number of hydrogen-bond acceptors (Lipinski definition) is 1. The van der Waals surface area contributed by atoms with Crippen molar-refractivity contribution in [2.45, 2.75) is 25.2 Å². The molecule has 1 aliphatic carbocycles. The molecular formula is C12H14O2. The van der Waals surface area contributed by atoms with Gasteiger partial charge in [-0.05, 0) is 18.4 Å². The van der Waals surface area contributed by atoms with E-state index >= 15 is 0 Å². The molecule has 1 aromatic carbocycles. The highest BCUT2D eigenvalue weighted by atomic mass is 16.4. The summed E-state index contributed by atoms with van der Waals surface area (Å²) in [5.74, 6) is -0.828. The molecule has 0 radical (unpaired) electrons. The van der Waals surface area contributed by atoms with Crippen LogP contribution >= 0.6 is 0 Å². The largest absolute Gasteiger partial charge is 0.481 e. The molecule has 14 heavy (non-hydrogen) atoms. The monoisotopic (exact) mass is 190 g/mol. The lowest BCUT2D eigenvalue weighted by Crippen LogP contribution is -2.13. The van der Waals surface area contributed by atoms with Crippen molar-refractivity contribution in [1.82, 2.24) is 0 Å². The Morgan fingerprint density at radius 1 is 1.50 bits per heavy atom. The van der Waals surface area contributed by atoms with E-state index in [0.717, 1.165) is 12.8 Å². The van der Waals surface area contributed by atoms with Crippen LogP contribution in [0.3, 0.4) is 0 Å². The van der Waals surface area contributed by atoms with Gasteiger partial charge in [0.05, 0.1) is 5.92 Å². The van der Waals surface area contributed by atoms with Gasteiger partial charge in [-0.1, -0.05) is 37.3 Å². The lowest BCUT2D eigenvalue weighted by molar-refractivity contribution is -0.139. The average Bonchev–Trinajstić information content (AvgIpc) is 2.95. The average molecular weight is 190 g/mol. The van der Waals surface area contributed by atoms with E-state index in [2.05, 4.69) is 6.92 Å². The Morgan fingerprint density at radius 3 is 2.57 bits per heavy atom. The molecule has 0 bridgehead atoms. The SMILES string of the molecule is CC[C@@]1(c2ccccc2)C[C@H]1C(=O)O. The van der Waals surface area contributed by atoms with Gasteiger partial charge in [-0.25, -0.2) is 0 Å². The Morgan fingerprint density at radius 2 is 2.14 bits per heavy atom. The van der Waals surface area contributed by atoms with Crippen LogP contribution in [0.1, 0.15) is 25.3 Å². The van der Waals surface area contributed by atoms with E-state index in [1.54, 1.807) is 0 Å². The molecule has 0 unspecified atom stereocenters. The van der Waals surface area contributed by atoms with Crippen molar-refractivity contribution in [3.63, 3.8) is 0 Å². The molecule has 1 N–H and O–H groups in total. The molecule has 0 spiro atoms. The Bertz CT molecular complexity index is 345. The third-order valence-electron chi connectivity index (χ3n) is 3.35. The summed E-state index contributed by atoms with van der Waals surface area (Å²) in [4.78, 5) is 10.9. The first kappa shape index (κ1) is 9.25. The Labute approximate surface area is 83.6 Å². The highest BCUT2D eigenvalue weighted by molar-refractivity contribution is 5.77. The smallest absolute Gasteiger partial charge is 0.307 e. The molecule has 2 rings (SSSR count). The Balaban J connectivity index is 2.29. The van der Waals surface area contributed by atoms with E-state index in [0.29, 0.717) is 0 Å². The van der Waals surface area contributed by atoms with Crippen LogP contribution in [-0.2, 0) is 10.2 Å². The molecule has 0 amide bonds. The second-order valence-electron chi connectivity index (χ2n) is 3.97. The Hall–Kier alpha value is -1.31. The van der Waals surface area contributed by atoms with Crippen LogP contribution in [-0.4, -0.2) is 11.1 Å². The van der Waals surface area contributed by atoms with Crippen LogP contribution in [0.2, 0.25) is 0 Å². The third-order valence-corrected chi connectivity index (χ3v) is 3.35. The lowest BCUT2D eigenvalue weighted by atomic mass is 9.90. The summed E-state index contributed by atoms with van der Waals surface area (Å²) in [6, 6.07) is 9.98. The van der Waals surface area contributed by atoms with Crippen molar-refractivity contribution in [3.8, 4) is 0 Å². The van der Waals surface area contributed by atoms with Gasteiger partial charge in [-0.3, -0.25) is 4.79 Å². The first-order valence-corrected chi connectivity index (χ1v) is 4.99. The predicted octanol–water partition coefficient (Wildman–Crippen LogP) is 2.44.